The van der Waals surface area contributed by atoms with Crippen LogP contribution in [0.3, 0.4) is 0 Å². The summed E-state index contributed by atoms with van der Waals surface area (Å²) in [6.07, 6.45) is 3.33. The van der Waals surface area contributed by atoms with Crippen LogP contribution in [0.1, 0.15) is 24.8 Å². The van der Waals surface area contributed by atoms with Crippen LogP contribution in [0.2, 0.25) is 0 Å². The van der Waals surface area contributed by atoms with Crippen molar-refractivity contribution in [3.8, 4) is 0 Å². The van der Waals surface area contributed by atoms with Crippen LogP contribution in [0.25, 0.3) is 0 Å². The molecular formula is C17H23N3O3. The zero-order valence-corrected chi connectivity index (χ0v) is 13.1. The average Bonchev–Trinajstić information content (AvgIpc) is 2.59. The van der Waals surface area contributed by atoms with E-state index in [1.165, 1.54) is 6.21 Å². The largest absolute Gasteiger partial charge is 0.445 e. The molecule has 0 heterocycles. The van der Waals surface area contributed by atoms with Gasteiger partial charge in [-0.05, 0) is 24.8 Å². The van der Waals surface area contributed by atoms with E-state index in [-0.39, 0.29) is 25.2 Å². The van der Waals surface area contributed by atoms with Gasteiger partial charge in [-0.1, -0.05) is 30.3 Å². The molecule has 0 bridgehead atoms. The van der Waals surface area contributed by atoms with Crippen LogP contribution in [0, 0.1) is 11.3 Å². The van der Waals surface area contributed by atoms with Crippen LogP contribution in [-0.2, 0) is 11.3 Å². The molecule has 1 aliphatic rings. The quantitative estimate of drug-likeness (QED) is 0.702. The van der Waals surface area contributed by atoms with E-state index in [1.54, 1.807) is 0 Å². The monoisotopic (exact) mass is 317 g/mol. The first-order chi connectivity index (χ1) is 11.2. The number of aliphatic hydroxyl groups is 1. The second-order valence-corrected chi connectivity index (χ2v) is 5.49. The SMILES string of the molecule is N=CC1C(=NCCO)CCCC1NC(=O)OCc1ccccc1. The Balaban J connectivity index is 1.89. The first-order valence-corrected chi connectivity index (χ1v) is 7.86. The number of carbonyl (C=O) groups excluding carboxylic acids is 1. The summed E-state index contributed by atoms with van der Waals surface area (Å²) >= 11 is 0. The Morgan fingerprint density at radius 2 is 2.22 bits per heavy atom. The van der Waals surface area contributed by atoms with Crippen LogP contribution in [0.15, 0.2) is 35.3 Å². The fourth-order valence-electron chi connectivity index (χ4n) is 2.75. The number of benzene rings is 1. The highest BCUT2D eigenvalue weighted by molar-refractivity contribution is 5.99. The van der Waals surface area contributed by atoms with Crippen molar-refractivity contribution in [2.75, 3.05) is 13.2 Å². The topological polar surface area (TPSA) is 94.8 Å². The minimum atomic E-state index is -0.478. The van der Waals surface area contributed by atoms with Gasteiger partial charge >= 0.3 is 6.09 Å². The molecule has 23 heavy (non-hydrogen) atoms. The molecule has 0 aromatic heterocycles. The van der Waals surface area contributed by atoms with Gasteiger partial charge in [-0.3, -0.25) is 4.99 Å². The van der Waals surface area contributed by atoms with Gasteiger partial charge in [0.2, 0.25) is 0 Å². The minimum Gasteiger partial charge on any atom is -0.445 e. The Labute approximate surface area is 136 Å². The Hall–Kier alpha value is -2.21. The number of hydrogen-bond acceptors (Lipinski definition) is 5. The maximum Gasteiger partial charge on any atom is 0.407 e. The molecule has 2 unspecified atom stereocenters. The molecule has 1 saturated carbocycles. The number of rotatable bonds is 6. The fraction of sp³-hybridized carbons (Fsp3) is 0.471. The number of amides is 1. The van der Waals surface area contributed by atoms with Crippen LogP contribution < -0.4 is 5.32 Å². The van der Waals surface area contributed by atoms with E-state index >= 15 is 0 Å². The molecule has 1 aliphatic carbocycles. The molecular weight excluding hydrogens is 294 g/mol. The summed E-state index contributed by atoms with van der Waals surface area (Å²) in [7, 11) is 0. The van der Waals surface area contributed by atoms with Gasteiger partial charge in [0.1, 0.15) is 6.61 Å². The van der Waals surface area contributed by atoms with E-state index in [9.17, 15) is 4.79 Å². The third kappa shape index (κ3) is 5.17. The van der Waals surface area contributed by atoms with E-state index in [4.69, 9.17) is 15.3 Å². The molecule has 1 fully saturated rings. The summed E-state index contributed by atoms with van der Waals surface area (Å²) in [6.45, 7) is 0.552. The molecule has 1 amide bonds. The lowest BCUT2D eigenvalue weighted by Gasteiger charge is -2.30. The van der Waals surface area contributed by atoms with Crippen molar-refractivity contribution in [2.45, 2.75) is 31.9 Å². The number of carbonyl (C=O) groups is 1. The van der Waals surface area contributed by atoms with Crippen LogP contribution in [0.4, 0.5) is 4.79 Å². The van der Waals surface area contributed by atoms with E-state index in [2.05, 4.69) is 10.3 Å². The van der Waals surface area contributed by atoms with Crippen molar-refractivity contribution in [1.82, 2.24) is 5.32 Å². The molecule has 1 aromatic rings. The number of aliphatic hydroxyl groups excluding tert-OH is 1. The lowest BCUT2D eigenvalue weighted by Crippen LogP contribution is -2.46. The fourth-order valence-corrected chi connectivity index (χ4v) is 2.75. The Bertz CT molecular complexity index is 545. The van der Waals surface area contributed by atoms with Crippen LogP contribution in [0.5, 0.6) is 0 Å². The molecule has 6 heteroatoms. The van der Waals surface area contributed by atoms with Gasteiger partial charge in [0.25, 0.3) is 0 Å². The smallest absolute Gasteiger partial charge is 0.407 e. The molecule has 0 radical (unpaired) electrons. The standard InChI is InChI=1S/C17H23N3O3/c18-11-14-15(19-9-10-21)7-4-8-16(14)20-17(22)23-12-13-5-2-1-3-6-13/h1-3,5-6,11,14,16,18,21H,4,7-10,12H2,(H,20,22). The van der Waals surface area contributed by atoms with Gasteiger partial charge in [0.05, 0.1) is 19.1 Å². The molecule has 124 valence electrons. The van der Waals surface area contributed by atoms with E-state index in [0.29, 0.717) is 6.54 Å². The Morgan fingerprint density at radius 1 is 1.43 bits per heavy atom. The first kappa shape index (κ1) is 17.1. The molecule has 2 rings (SSSR count). The van der Waals surface area contributed by atoms with Gasteiger partial charge in [-0.15, -0.1) is 0 Å². The highest BCUT2D eigenvalue weighted by Gasteiger charge is 2.30. The maximum atomic E-state index is 12.0. The summed E-state index contributed by atoms with van der Waals surface area (Å²) in [5.41, 5.74) is 1.80. The minimum absolute atomic E-state index is 0.00850. The summed E-state index contributed by atoms with van der Waals surface area (Å²) < 4.78 is 5.24. The van der Waals surface area contributed by atoms with E-state index in [1.807, 2.05) is 30.3 Å². The number of nitrogens with one attached hydrogen (secondary N) is 2. The number of hydrogen-bond donors (Lipinski definition) is 3. The second-order valence-electron chi connectivity index (χ2n) is 5.49. The number of alkyl carbamates (subject to hydrolysis) is 1. The molecule has 0 spiro atoms. The highest BCUT2D eigenvalue weighted by atomic mass is 16.5. The Morgan fingerprint density at radius 3 is 2.91 bits per heavy atom. The number of nitrogens with zero attached hydrogens (tertiary/aromatic N) is 1. The zero-order valence-electron chi connectivity index (χ0n) is 13.1. The summed E-state index contributed by atoms with van der Waals surface area (Å²) in [4.78, 5) is 16.3. The van der Waals surface area contributed by atoms with Gasteiger partial charge in [0, 0.05) is 18.0 Å². The van der Waals surface area contributed by atoms with Gasteiger partial charge < -0.3 is 20.6 Å². The zero-order chi connectivity index (χ0) is 16.5. The number of ether oxygens (including phenoxy) is 1. The van der Waals surface area contributed by atoms with Crippen molar-refractivity contribution >= 4 is 18.0 Å². The number of aliphatic imine (C=N–C) groups is 1. The van der Waals surface area contributed by atoms with Crippen LogP contribution >= 0.6 is 0 Å². The predicted molar refractivity (Wildman–Crippen MR) is 89.1 cm³/mol. The predicted octanol–water partition coefficient (Wildman–Crippen LogP) is 2.16. The van der Waals surface area contributed by atoms with Crippen molar-refractivity contribution in [1.29, 1.82) is 5.41 Å². The molecule has 0 saturated heterocycles. The van der Waals surface area contributed by atoms with Crippen molar-refractivity contribution in [3.05, 3.63) is 35.9 Å². The molecule has 3 N–H and O–H groups in total. The molecule has 0 aliphatic heterocycles. The normalized spacial score (nSPS) is 22.6. The van der Waals surface area contributed by atoms with Gasteiger partial charge in [-0.25, -0.2) is 4.79 Å². The maximum absolute atomic E-state index is 12.0. The first-order valence-electron chi connectivity index (χ1n) is 7.86. The Kier molecular flexibility index (Phi) is 6.75. The third-order valence-corrected chi connectivity index (χ3v) is 3.88. The molecule has 2 atom stereocenters. The third-order valence-electron chi connectivity index (χ3n) is 3.88. The summed E-state index contributed by atoms with van der Waals surface area (Å²) in [5, 5.41) is 19.3. The van der Waals surface area contributed by atoms with Gasteiger partial charge in [-0.2, -0.15) is 0 Å². The average molecular weight is 317 g/mol. The van der Waals surface area contributed by atoms with Crippen molar-refractivity contribution in [3.63, 3.8) is 0 Å². The van der Waals surface area contributed by atoms with E-state index < -0.39 is 6.09 Å². The lowest BCUT2D eigenvalue weighted by atomic mass is 9.83. The molecule has 6 nitrogen and oxygen atoms in total. The summed E-state index contributed by atoms with van der Waals surface area (Å²) in [6, 6.07) is 9.32. The lowest BCUT2D eigenvalue weighted by molar-refractivity contribution is 0.134. The van der Waals surface area contributed by atoms with Gasteiger partial charge in [0.15, 0.2) is 0 Å². The highest BCUT2D eigenvalue weighted by Crippen LogP contribution is 2.21. The van der Waals surface area contributed by atoms with E-state index in [0.717, 1.165) is 30.5 Å². The van der Waals surface area contributed by atoms with Crippen LogP contribution in [-0.4, -0.2) is 42.3 Å². The molecule has 1 aromatic carbocycles. The summed E-state index contributed by atoms with van der Waals surface area (Å²) in [5.74, 6) is -0.223. The van der Waals surface area contributed by atoms with Crippen molar-refractivity contribution < 1.29 is 14.6 Å². The second kappa shape index (κ2) is 9.05. The van der Waals surface area contributed by atoms with Crippen molar-refractivity contribution in [2.24, 2.45) is 10.9 Å².